The van der Waals surface area contributed by atoms with E-state index in [1.54, 1.807) is 71.6 Å². The Kier molecular flexibility index (Phi) is 15.4. The molecule has 13 nitrogen and oxygen atoms in total. The Morgan fingerprint density at radius 3 is 2.42 bits per heavy atom. The van der Waals surface area contributed by atoms with Crippen molar-refractivity contribution in [2.75, 3.05) is 26.9 Å². The maximum absolute atomic E-state index is 15.0. The van der Waals surface area contributed by atoms with E-state index in [1.807, 2.05) is 12.1 Å². The van der Waals surface area contributed by atoms with Gasteiger partial charge in [-0.05, 0) is 115 Å². The molecule has 0 bridgehead atoms. The molecule has 0 radical (unpaired) electrons. The predicted molar refractivity (Wildman–Crippen MR) is 243 cm³/mol. The lowest BCUT2D eigenvalue weighted by Crippen LogP contribution is -2.70. The largest absolute Gasteiger partial charge is 0.459 e. The minimum atomic E-state index is -1.58. The summed E-state index contributed by atoms with van der Waals surface area (Å²) in [4.78, 5) is 44.7. The molecular weight excluding hydrogens is 834 g/mol. The Hall–Kier alpha value is -6.48. The van der Waals surface area contributed by atoms with Crippen LogP contribution in [-0.2, 0) is 20.9 Å². The summed E-state index contributed by atoms with van der Waals surface area (Å²) < 4.78 is 35.1. The number of unbranched alkanes of at least 4 members (excludes halogenated alkanes) is 2. The SMILES string of the molecule is C=CCOC12Oc3ccc(Oc4cccc(C=O)c4)cc3C3C(CCCCO)C(CCCCO)C=C(C(=NOC)CC1N(Cc1ccc(F)cc1)C(=O)C=Cc1ccc([N+](=O)[O-])cc1)C32. The van der Waals surface area contributed by atoms with Gasteiger partial charge in [-0.3, -0.25) is 19.7 Å². The maximum Gasteiger partial charge on any atom is 0.269 e. The van der Waals surface area contributed by atoms with Crippen molar-refractivity contribution in [1.29, 1.82) is 0 Å². The molecule has 1 saturated carbocycles. The van der Waals surface area contributed by atoms with Gasteiger partial charge in [0.25, 0.3) is 5.69 Å². The fourth-order valence-corrected chi connectivity index (χ4v) is 9.71. The zero-order valence-corrected chi connectivity index (χ0v) is 36.3. The molecule has 4 aromatic carbocycles. The van der Waals surface area contributed by atoms with Gasteiger partial charge in [-0.2, -0.15) is 0 Å². The summed E-state index contributed by atoms with van der Waals surface area (Å²) in [6.07, 6.45) is 11.9. The van der Waals surface area contributed by atoms with Gasteiger partial charge < -0.3 is 34.2 Å². The number of nitro groups is 1. The Labute approximate surface area is 377 Å². The van der Waals surface area contributed by atoms with Crippen molar-refractivity contribution in [2.24, 2.45) is 22.9 Å². The second kappa shape index (κ2) is 21.5. The number of fused-ring (bicyclic) bond motifs is 2. The molecule has 1 heterocycles. The van der Waals surface area contributed by atoms with E-state index >= 15 is 0 Å². The van der Waals surface area contributed by atoms with Crippen LogP contribution in [0.15, 0.2) is 127 Å². The van der Waals surface area contributed by atoms with Gasteiger partial charge in [-0.1, -0.05) is 54.4 Å². The van der Waals surface area contributed by atoms with E-state index in [9.17, 15) is 34.3 Å². The number of aliphatic hydroxyl groups excluding tert-OH is 2. The molecule has 340 valence electrons. The van der Waals surface area contributed by atoms with E-state index in [-0.39, 0.29) is 56.2 Å². The number of hydrogen-bond donors (Lipinski definition) is 2. The highest BCUT2D eigenvalue weighted by atomic mass is 19.1. The summed E-state index contributed by atoms with van der Waals surface area (Å²) in [6, 6.07) is 23.3. The van der Waals surface area contributed by atoms with Gasteiger partial charge in [0.05, 0.1) is 23.2 Å². The van der Waals surface area contributed by atoms with Crippen LogP contribution in [0.3, 0.4) is 0 Å². The lowest BCUT2D eigenvalue weighted by atomic mass is 9.55. The van der Waals surface area contributed by atoms with Crippen LogP contribution in [0.4, 0.5) is 10.1 Å². The number of oxime groups is 1. The zero-order chi connectivity index (χ0) is 45.9. The van der Waals surface area contributed by atoms with Crippen LogP contribution < -0.4 is 9.47 Å². The normalized spacial score (nSPS) is 22.6. The van der Waals surface area contributed by atoms with E-state index in [1.165, 1.54) is 37.5 Å². The molecule has 2 N–H and O–H groups in total. The van der Waals surface area contributed by atoms with Gasteiger partial charge >= 0.3 is 0 Å². The van der Waals surface area contributed by atoms with Crippen molar-refractivity contribution in [2.45, 2.75) is 69.2 Å². The topological polar surface area (TPSA) is 170 Å². The molecule has 4 aromatic rings. The first-order chi connectivity index (χ1) is 31.6. The second-order valence-electron chi connectivity index (χ2n) is 16.5. The standard InChI is InChI=1S/C51H54FN3O10/c1-3-27-63-51-47(54(32-35-13-18-38(52)19-14-35)48(59)24-17-34-15-20-39(21-16-34)55(60)61)31-45(53-62-2)43-29-37(10-4-6-25-56)42(12-5-7-26-57)49(50(43)51)44-30-41(22-23-46(44)65-51)64-40-11-8-9-36(28-40)33-58/h3,8-9,11,13-24,28-30,33,37,42,47,49-50,56-57H,1,4-7,10,12,25-27,31-32H2,2H3. The van der Waals surface area contributed by atoms with E-state index in [2.05, 4.69) is 17.8 Å². The van der Waals surface area contributed by atoms with Crippen molar-refractivity contribution in [1.82, 2.24) is 4.90 Å². The van der Waals surface area contributed by atoms with Gasteiger partial charge in [0.2, 0.25) is 11.7 Å². The quantitative estimate of drug-likeness (QED) is 0.0205. The molecule has 1 fully saturated rings. The lowest BCUT2D eigenvalue weighted by Gasteiger charge is -2.60. The number of carbonyl (C=O) groups is 2. The number of nitro benzene ring substituents is 1. The number of ether oxygens (including phenoxy) is 3. The van der Waals surface area contributed by atoms with Crippen molar-refractivity contribution >= 4 is 29.7 Å². The smallest absolute Gasteiger partial charge is 0.269 e. The van der Waals surface area contributed by atoms with Crippen LogP contribution in [0.2, 0.25) is 0 Å². The highest BCUT2D eigenvalue weighted by Gasteiger charge is 2.65. The highest BCUT2D eigenvalue weighted by Crippen LogP contribution is 2.62. The van der Waals surface area contributed by atoms with E-state index < -0.39 is 34.4 Å². The van der Waals surface area contributed by atoms with Gasteiger partial charge in [0.1, 0.15) is 42.5 Å². The average molecular weight is 888 g/mol. The predicted octanol–water partition coefficient (Wildman–Crippen LogP) is 9.34. The minimum Gasteiger partial charge on any atom is -0.459 e. The molecule has 1 amide bonds. The second-order valence-corrected chi connectivity index (χ2v) is 16.5. The third-order valence-corrected chi connectivity index (χ3v) is 12.5. The van der Waals surface area contributed by atoms with Crippen LogP contribution in [0.5, 0.6) is 17.2 Å². The number of benzene rings is 4. The monoisotopic (exact) mass is 887 g/mol. The summed E-state index contributed by atoms with van der Waals surface area (Å²) in [5.74, 6) is -1.95. The van der Waals surface area contributed by atoms with Crippen LogP contribution >= 0.6 is 0 Å². The fourth-order valence-electron chi connectivity index (χ4n) is 9.71. The molecule has 6 unspecified atom stereocenters. The molecule has 0 aromatic heterocycles. The molecule has 2 aliphatic carbocycles. The zero-order valence-electron chi connectivity index (χ0n) is 36.3. The molecule has 6 atom stereocenters. The molecule has 0 saturated heterocycles. The van der Waals surface area contributed by atoms with E-state index in [0.717, 1.165) is 43.1 Å². The van der Waals surface area contributed by atoms with Crippen LogP contribution in [-0.4, -0.2) is 76.7 Å². The molecular formula is C51H54FN3O10. The first-order valence-corrected chi connectivity index (χ1v) is 21.9. The third kappa shape index (κ3) is 10.4. The van der Waals surface area contributed by atoms with Crippen LogP contribution in [0.1, 0.15) is 77.9 Å². The van der Waals surface area contributed by atoms with E-state index in [4.69, 9.17) is 19.0 Å². The minimum absolute atomic E-state index is 0.00594. The molecule has 3 aliphatic rings. The first kappa shape index (κ1) is 46.5. The van der Waals surface area contributed by atoms with Crippen molar-refractivity contribution < 1.29 is 48.2 Å². The summed E-state index contributed by atoms with van der Waals surface area (Å²) in [5, 5.41) is 35.9. The molecule has 1 aliphatic heterocycles. The van der Waals surface area contributed by atoms with Gasteiger partial charge in [-0.15, -0.1) is 6.58 Å². The molecule has 14 heteroatoms. The molecule has 65 heavy (non-hydrogen) atoms. The van der Waals surface area contributed by atoms with Gasteiger partial charge in [-0.25, -0.2) is 4.39 Å². The van der Waals surface area contributed by atoms with E-state index in [0.29, 0.717) is 52.5 Å². The van der Waals surface area contributed by atoms with Gasteiger partial charge in [0.15, 0.2) is 0 Å². The van der Waals surface area contributed by atoms with Gasteiger partial charge in [0, 0.05) is 61.4 Å². The number of rotatable bonds is 21. The summed E-state index contributed by atoms with van der Waals surface area (Å²) >= 11 is 0. The third-order valence-electron chi connectivity index (χ3n) is 12.5. The number of nitrogens with zero attached hydrogens (tertiary/aromatic N) is 3. The van der Waals surface area contributed by atoms with Crippen LogP contribution in [0, 0.1) is 33.7 Å². The Balaban J connectivity index is 1.43. The van der Waals surface area contributed by atoms with Crippen LogP contribution in [0.25, 0.3) is 6.08 Å². The lowest BCUT2D eigenvalue weighted by molar-refractivity contribution is -0.384. The number of halogens is 1. The Morgan fingerprint density at radius 2 is 1.72 bits per heavy atom. The number of hydrogen-bond acceptors (Lipinski definition) is 11. The number of allylic oxidation sites excluding steroid dienone is 1. The number of carbonyl (C=O) groups excluding carboxylic acids is 2. The summed E-state index contributed by atoms with van der Waals surface area (Å²) in [5.41, 5.74) is 3.85. The van der Waals surface area contributed by atoms with Crippen molar-refractivity contribution in [3.63, 3.8) is 0 Å². The number of non-ortho nitro benzene ring substituents is 1. The summed E-state index contributed by atoms with van der Waals surface area (Å²) in [6.45, 7) is 4.13. The Bertz CT molecular complexity index is 2420. The number of aldehydes is 1. The number of aliphatic hydroxyl groups is 2. The van der Waals surface area contributed by atoms with Crippen molar-refractivity contribution in [3.05, 3.63) is 160 Å². The fraction of sp³-hybridized carbons (Fsp3) is 0.353. The first-order valence-electron chi connectivity index (χ1n) is 21.9. The molecule has 7 rings (SSSR count). The summed E-state index contributed by atoms with van der Waals surface area (Å²) in [7, 11) is 1.47. The average Bonchev–Trinajstić information content (AvgIpc) is 3.31. The molecule has 0 spiro atoms. The van der Waals surface area contributed by atoms with Crippen molar-refractivity contribution in [3.8, 4) is 17.2 Å². The highest BCUT2D eigenvalue weighted by molar-refractivity contribution is 6.03. The maximum atomic E-state index is 15.0. The Morgan fingerprint density at radius 1 is 0.985 bits per heavy atom. The number of amides is 1.